The Morgan fingerprint density at radius 2 is 1.96 bits per heavy atom. The zero-order chi connectivity index (χ0) is 18.1. The summed E-state index contributed by atoms with van der Waals surface area (Å²) in [7, 11) is -2.28. The van der Waals surface area contributed by atoms with Crippen LogP contribution < -0.4 is 14.7 Å². The summed E-state index contributed by atoms with van der Waals surface area (Å²) in [4.78, 5) is 0. The van der Waals surface area contributed by atoms with Gasteiger partial charge in [0.2, 0.25) is 5.69 Å². The molecule has 1 aromatic carbocycles. The summed E-state index contributed by atoms with van der Waals surface area (Å²) in [5.74, 6) is 0.559. The summed E-state index contributed by atoms with van der Waals surface area (Å²) < 4.78 is 37.3. The average molecular weight is 364 g/mol. The van der Waals surface area contributed by atoms with Crippen molar-refractivity contribution in [3.8, 4) is 5.75 Å². The van der Waals surface area contributed by atoms with Gasteiger partial charge in [0.05, 0.1) is 18.6 Å². The van der Waals surface area contributed by atoms with Crippen LogP contribution in [0.15, 0.2) is 53.8 Å². The molecule has 1 aromatic heterocycles. The van der Waals surface area contributed by atoms with Crippen molar-refractivity contribution in [3.05, 3.63) is 54.4 Å². The zero-order valence-corrected chi connectivity index (χ0v) is 14.8. The highest BCUT2D eigenvalue weighted by Crippen LogP contribution is 2.14. The molecule has 2 N–H and O–H groups in total. The molecule has 0 saturated heterocycles. The second kappa shape index (κ2) is 9.14. The third-order valence-corrected chi connectivity index (χ3v) is 4.31. The largest absolute Gasteiger partial charge is 0.497 e. The summed E-state index contributed by atoms with van der Waals surface area (Å²) in [6, 6.07) is 13.1. The molecule has 0 fully saturated rings. The molecule has 0 bridgehead atoms. The summed E-state index contributed by atoms with van der Waals surface area (Å²) >= 11 is 0. The molecule has 0 aliphatic carbocycles. The van der Waals surface area contributed by atoms with Gasteiger partial charge in [0.1, 0.15) is 18.5 Å². The molecular weight excluding hydrogens is 342 g/mol. The number of hydrogen-bond donors (Lipinski definition) is 2. The molecule has 0 aliphatic heterocycles. The van der Waals surface area contributed by atoms with E-state index in [1.165, 1.54) is 0 Å². The first-order valence-electron chi connectivity index (χ1n) is 7.85. The lowest BCUT2D eigenvalue weighted by Gasteiger charge is -2.03. The molecule has 0 radical (unpaired) electrons. The van der Waals surface area contributed by atoms with Gasteiger partial charge in [-0.05, 0) is 36.8 Å². The van der Waals surface area contributed by atoms with E-state index < -0.39 is 10.1 Å². The van der Waals surface area contributed by atoms with Crippen LogP contribution in [0.5, 0.6) is 5.75 Å². The van der Waals surface area contributed by atoms with Gasteiger partial charge < -0.3 is 4.74 Å². The number of anilines is 1. The number of unbranched alkanes of at least 4 members (excludes halogenated alkanes) is 1. The number of hydrazone groups is 1. The zero-order valence-electron chi connectivity index (χ0n) is 14.0. The minimum atomic E-state index is -3.89. The van der Waals surface area contributed by atoms with Crippen LogP contribution in [-0.4, -0.2) is 32.0 Å². The van der Waals surface area contributed by atoms with Gasteiger partial charge in [-0.25, -0.2) is 0 Å². The molecular formula is C17H22N3O4S+. The third-order valence-electron chi connectivity index (χ3n) is 3.51. The smallest absolute Gasteiger partial charge is 0.264 e. The van der Waals surface area contributed by atoms with Gasteiger partial charge in [-0.1, -0.05) is 0 Å². The number of ether oxygens (including phenoxy) is 1. The number of rotatable bonds is 9. The molecule has 25 heavy (non-hydrogen) atoms. The van der Waals surface area contributed by atoms with Crippen LogP contribution in [-0.2, 0) is 16.7 Å². The number of methoxy groups -OCH3 is 1. The van der Waals surface area contributed by atoms with Crippen molar-refractivity contribution in [2.75, 3.05) is 18.3 Å². The Hall–Kier alpha value is -2.45. The minimum absolute atomic E-state index is 0.219. The Morgan fingerprint density at radius 1 is 1.20 bits per heavy atom. The summed E-state index contributed by atoms with van der Waals surface area (Å²) in [5, 5.41) is 4.22. The van der Waals surface area contributed by atoms with Crippen LogP contribution in [0.4, 0.5) is 5.69 Å². The van der Waals surface area contributed by atoms with E-state index in [9.17, 15) is 8.42 Å². The molecule has 0 spiro atoms. The Bertz CT molecular complexity index is 805. The molecule has 0 atom stereocenters. The van der Waals surface area contributed by atoms with Crippen molar-refractivity contribution in [2.24, 2.45) is 5.10 Å². The van der Waals surface area contributed by atoms with Crippen molar-refractivity contribution < 1.29 is 22.3 Å². The molecule has 0 unspecified atom stereocenters. The number of aromatic nitrogens is 1. The first kappa shape index (κ1) is 18.9. The average Bonchev–Trinajstić information content (AvgIpc) is 2.59. The number of benzene rings is 1. The monoisotopic (exact) mass is 364 g/mol. The van der Waals surface area contributed by atoms with Crippen LogP contribution in [0.3, 0.4) is 0 Å². The molecule has 0 aliphatic rings. The number of hydrogen-bond acceptors (Lipinski definition) is 5. The fourth-order valence-electron chi connectivity index (χ4n) is 2.22. The van der Waals surface area contributed by atoms with Crippen LogP contribution in [0, 0.1) is 0 Å². The standard InChI is InChI=1S/C17H21N3O4S/c1-24-17-9-7-15(8-10-17)19-18-14-16-6-2-3-11-20(16)12-4-5-13-25(21,22)23/h2-3,6-11,14H,4-5,12-13H2,1H3,(H,21,22,23)/p+1. The van der Waals surface area contributed by atoms with Crippen LogP contribution >= 0.6 is 0 Å². The molecule has 1 heterocycles. The molecule has 2 rings (SSSR count). The predicted molar refractivity (Wildman–Crippen MR) is 96.5 cm³/mol. The number of nitrogens with zero attached hydrogens (tertiary/aromatic N) is 2. The van der Waals surface area contributed by atoms with Gasteiger partial charge in [0.25, 0.3) is 10.1 Å². The van der Waals surface area contributed by atoms with Crippen molar-refractivity contribution in [1.29, 1.82) is 0 Å². The van der Waals surface area contributed by atoms with Gasteiger partial charge in [-0.3, -0.25) is 9.98 Å². The topological polar surface area (TPSA) is 91.9 Å². The minimum Gasteiger partial charge on any atom is -0.497 e. The Kier molecular flexibility index (Phi) is 6.91. The fourth-order valence-corrected chi connectivity index (χ4v) is 2.78. The summed E-state index contributed by atoms with van der Waals surface area (Å²) in [6.07, 6.45) is 4.65. The number of aryl methyl sites for hydroxylation is 1. The van der Waals surface area contributed by atoms with E-state index in [0.717, 1.165) is 17.1 Å². The van der Waals surface area contributed by atoms with Crippen molar-refractivity contribution >= 4 is 22.0 Å². The second-order valence-corrected chi connectivity index (χ2v) is 6.98. The Morgan fingerprint density at radius 3 is 2.64 bits per heavy atom. The van der Waals surface area contributed by atoms with E-state index in [1.54, 1.807) is 13.3 Å². The van der Waals surface area contributed by atoms with E-state index in [0.29, 0.717) is 19.4 Å². The molecule has 7 nitrogen and oxygen atoms in total. The lowest BCUT2D eigenvalue weighted by atomic mass is 10.3. The molecule has 2 aromatic rings. The van der Waals surface area contributed by atoms with Gasteiger partial charge in [-0.15, -0.1) is 0 Å². The molecule has 0 saturated carbocycles. The first-order valence-corrected chi connectivity index (χ1v) is 9.45. The van der Waals surface area contributed by atoms with Crippen molar-refractivity contribution in [1.82, 2.24) is 0 Å². The van der Waals surface area contributed by atoms with E-state index >= 15 is 0 Å². The third kappa shape index (κ3) is 6.90. The lowest BCUT2D eigenvalue weighted by molar-refractivity contribution is -0.698. The first-order chi connectivity index (χ1) is 12.0. The van der Waals surface area contributed by atoms with Gasteiger partial charge in [0, 0.05) is 18.6 Å². The van der Waals surface area contributed by atoms with Gasteiger partial charge in [0.15, 0.2) is 6.20 Å². The van der Waals surface area contributed by atoms with Gasteiger partial charge in [-0.2, -0.15) is 18.1 Å². The Balaban J connectivity index is 1.92. The fraction of sp³-hybridized carbons (Fsp3) is 0.294. The number of nitrogens with one attached hydrogen (secondary N) is 1. The quantitative estimate of drug-likeness (QED) is 0.234. The van der Waals surface area contributed by atoms with E-state index in [1.807, 2.05) is 53.2 Å². The maximum atomic E-state index is 10.7. The van der Waals surface area contributed by atoms with Crippen molar-refractivity contribution in [2.45, 2.75) is 19.4 Å². The molecule has 134 valence electrons. The normalized spacial score (nSPS) is 11.6. The highest BCUT2D eigenvalue weighted by molar-refractivity contribution is 7.85. The van der Waals surface area contributed by atoms with Crippen LogP contribution in [0.25, 0.3) is 0 Å². The molecule has 0 amide bonds. The van der Waals surface area contributed by atoms with E-state index in [4.69, 9.17) is 9.29 Å². The van der Waals surface area contributed by atoms with Crippen LogP contribution in [0.1, 0.15) is 18.5 Å². The van der Waals surface area contributed by atoms with E-state index in [2.05, 4.69) is 10.5 Å². The lowest BCUT2D eigenvalue weighted by Crippen LogP contribution is -2.38. The molecule has 8 heteroatoms. The Labute approximate surface area is 147 Å². The van der Waals surface area contributed by atoms with Gasteiger partial charge >= 0.3 is 0 Å². The highest BCUT2D eigenvalue weighted by Gasteiger charge is 2.09. The van der Waals surface area contributed by atoms with Crippen LogP contribution in [0.2, 0.25) is 0 Å². The summed E-state index contributed by atoms with van der Waals surface area (Å²) in [6.45, 7) is 0.639. The van der Waals surface area contributed by atoms with E-state index in [-0.39, 0.29) is 5.75 Å². The maximum absolute atomic E-state index is 10.7. The SMILES string of the molecule is COc1ccc(NN=Cc2cccc[n+]2CCCCS(=O)(=O)O)cc1. The van der Waals surface area contributed by atoms with Crippen molar-refractivity contribution in [3.63, 3.8) is 0 Å². The second-order valence-electron chi connectivity index (χ2n) is 5.41. The highest BCUT2D eigenvalue weighted by atomic mass is 32.2. The maximum Gasteiger partial charge on any atom is 0.264 e. The number of pyridine rings is 1. The summed E-state index contributed by atoms with van der Waals surface area (Å²) in [5.41, 5.74) is 4.67. The predicted octanol–water partition coefficient (Wildman–Crippen LogP) is 2.10.